The smallest absolute Gasteiger partial charge is 0.340 e. The van der Waals surface area contributed by atoms with Crippen LogP contribution in [0.4, 0.5) is 21.5 Å². The summed E-state index contributed by atoms with van der Waals surface area (Å²) >= 11 is 0. The van der Waals surface area contributed by atoms with Gasteiger partial charge < -0.3 is 15.4 Å². The average Bonchev–Trinajstić information content (AvgIpc) is 2.46. The minimum Gasteiger partial charge on any atom is -0.465 e. The van der Waals surface area contributed by atoms with Gasteiger partial charge in [0.2, 0.25) is 0 Å². The van der Waals surface area contributed by atoms with Crippen molar-refractivity contribution < 1.29 is 13.9 Å². The number of anilines is 3. The number of nitrogens with zero attached hydrogens (tertiary/aromatic N) is 1. The molecule has 0 amide bonds. The van der Waals surface area contributed by atoms with Crippen molar-refractivity contribution in [2.24, 2.45) is 0 Å². The van der Waals surface area contributed by atoms with Gasteiger partial charge in [-0.05, 0) is 24.3 Å². The molecule has 2 aromatic rings. The summed E-state index contributed by atoms with van der Waals surface area (Å²) in [5, 5.41) is 0. The van der Waals surface area contributed by atoms with Gasteiger partial charge in [-0.3, -0.25) is 0 Å². The number of carbonyl (C=O) groups excluding carboxylic acids is 1. The van der Waals surface area contributed by atoms with Crippen LogP contribution >= 0.6 is 0 Å². The molecule has 2 N–H and O–H groups in total. The molecule has 0 aliphatic heterocycles. The van der Waals surface area contributed by atoms with E-state index in [-0.39, 0.29) is 17.1 Å². The molecule has 0 spiro atoms. The van der Waals surface area contributed by atoms with Gasteiger partial charge in [0.25, 0.3) is 0 Å². The van der Waals surface area contributed by atoms with Crippen molar-refractivity contribution in [3.8, 4) is 0 Å². The van der Waals surface area contributed by atoms with Gasteiger partial charge in [0.1, 0.15) is 5.82 Å². The number of hydrogen-bond acceptors (Lipinski definition) is 4. The van der Waals surface area contributed by atoms with Crippen molar-refractivity contribution in [3.05, 3.63) is 53.8 Å². The summed E-state index contributed by atoms with van der Waals surface area (Å²) in [4.78, 5) is 13.2. The maximum absolute atomic E-state index is 13.8. The molecule has 0 aliphatic carbocycles. The van der Waals surface area contributed by atoms with Gasteiger partial charge in [0, 0.05) is 7.05 Å². The number of para-hydroxylation sites is 2. The van der Waals surface area contributed by atoms with Crippen LogP contribution in [-0.2, 0) is 4.74 Å². The highest BCUT2D eigenvalue weighted by atomic mass is 19.1. The summed E-state index contributed by atoms with van der Waals surface area (Å²) in [5.74, 6) is -0.885. The SMILES string of the molecule is COC(=O)c1cccc(N(C)c2ccccc2F)c1N. The molecule has 2 aromatic carbocycles. The number of hydrogen-bond donors (Lipinski definition) is 1. The summed E-state index contributed by atoms with van der Waals surface area (Å²) in [5.41, 5.74) is 7.41. The standard InChI is InChI=1S/C15H15FN2O2/c1-18(12-8-4-3-7-11(12)16)13-9-5-6-10(14(13)17)15(19)20-2/h3-9H,17H2,1-2H3. The molecular formula is C15H15FN2O2. The van der Waals surface area contributed by atoms with Crippen molar-refractivity contribution in [2.75, 3.05) is 24.8 Å². The van der Waals surface area contributed by atoms with E-state index in [1.807, 2.05) is 0 Å². The number of rotatable bonds is 3. The summed E-state index contributed by atoms with van der Waals surface area (Å²) in [6, 6.07) is 11.3. The second kappa shape index (κ2) is 5.61. The number of methoxy groups -OCH3 is 1. The van der Waals surface area contributed by atoms with Crippen LogP contribution in [-0.4, -0.2) is 20.1 Å². The van der Waals surface area contributed by atoms with Crippen molar-refractivity contribution in [2.45, 2.75) is 0 Å². The van der Waals surface area contributed by atoms with Gasteiger partial charge in [-0.2, -0.15) is 0 Å². The van der Waals surface area contributed by atoms with E-state index >= 15 is 0 Å². The highest BCUT2D eigenvalue weighted by Gasteiger charge is 2.17. The zero-order valence-corrected chi connectivity index (χ0v) is 11.3. The predicted octanol–water partition coefficient (Wildman–Crippen LogP) is 2.96. The number of nitrogens with two attached hydrogens (primary N) is 1. The fraction of sp³-hybridized carbons (Fsp3) is 0.133. The lowest BCUT2D eigenvalue weighted by Crippen LogP contribution is -2.15. The number of esters is 1. The highest BCUT2D eigenvalue weighted by Crippen LogP contribution is 2.32. The maximum atomic E-state index is 13.8. The molecule has 0 radical (unpaired) electrons. The van der Waals surface area contributed by atoms with Gasteiger partial charge >= 0.3 is 5.97 Å². The third-order valence-electron chi connectivity index (χ3n) is 3.06. The monoisotopic (exact) mass is 274 g/mol. The lowest BCUT2D eigenvalue weighted by Gasteiger charge is -2.22. The molecule has 4 nitrogen and oxygen atoms in total. The molecule has 0 aromatic heterocycles. The Morgan fingerprint density at radius 1 is 1.15 bits per heavy atom. The quantitative estimate of drug-likeness (QED) is 0.690. The third-order valence-corrected chi connectivity index (χ3v) is 3.06. The zero-order valence-electron chi connectivity index (χ0n) is 11.3. The van der Waals surface area contributed by atoms with Crippen LogP contribution < -0.4 is 10.6 Å². The van der Waals surface area contributed by atoms with Crippen molar-refractivity contribution >= 4 is 23.0 Å². The first-order valence-electron chi connectivity index (χ1n) is 6.01. The van der Waals surface area contributed by atoms with E-state index in [0.717, 1.165) is 0 Å². The lowest BCUT2D eigenvalue weighted by molar-refractivity contribution is 0.0602. The van der Waals surface area contributed by atoms with E-state index < -0.39 is 5.97 Å². The zero-order chi connectivity index (χ0) is 14.7. The number of carbonyl (C=O) groups is 1. The molecule has 0 bridgehead atoms. The predicted molar refractivity (Wildman–Crippen MR) is 76.7 cm³/mol. The Hall–Kier alpha value is -2.56. The Bertz CT molecular complexity index is 644. The molecule has 0 heterocycles. The number of benzene rings is 2. The average molecular weight is 274 g/mol. The summed E-state index contributed by atoms with van der Waals surface area (Å²) < 4.78 is 18.5. The fourth-order valence-electron chi connectivity index (χ4n) is 1.99. The van der Waals surface area contributed by atoms with Crippen LogP contribution in [0, 0.1) is 5.82 Å². The van der Waals surface area contributed by atoms with E-state index in [4.69, 9.17) is 5.73 Å². The molecular weight excluding hydrogens is 259 g/mol. The molecule has 20 heavy (non-hydrogen) atoms. The topological polar surface area (TPSA) is 55.6 Å². The van der Waals surface area contributed by atoms with Gasteiger partial charge in [-0.25, -0.2) is 9.18 Å². The van der Waals surface area contributed by atoms with E-state index in [1.165, 1.54) is 13.2 Å². The molecule has 0 aliphatic rings. The first kappa shape index (κ1) is 13.9. The Kier molecular flexibility index (Phi) is 3.89. The summed E-state index contributed by atoms with van der Waals surface area (Å²) in [6.45, 7) is 0. The fourth-order valence-corrected chi connectivity index (χ4v) is 1.99. The van der Waals surface area contributed by atoms with Gasteiger partial charge in [0.05, 0.1) is 29.7 Å². The minimum absolute atomic E-state index is 0.255. The van der Waals surface area contributed by atoms with Crippen LogP contribution in [0.3, 0.4) is 0 Å². The van der Waals surface area contributed by atoms with Gasteiger partial charge in [-0.1, -0.05) is 18.2 Å². The normalized spacial score (nSPS) is 10.2. The minimum atomic E-state index is -0.522. The Morgan fingerprint density at radius 3 is 2.45 bits per heavy atom. The molecule has 0 unspecified atom stereocenters. The summed E-state index contributed by atoms with van der Waals surface area (Å²) in [7, 11) is 2.97. The first-order chi connectivity index (χ1) is 9.56. The van der Waals surface area contributed by atoms with Crippen LogP contribution in [0.25, 0.3) is 0 Å². The largest absolute Gasteiger partial charge is 0.465 e. The maximum Gasteiger partial charge on any atom is 0.340 e. The van der Waals surface area contributed by atoms with Gasteiger partial charge in [-0.15, -0.1) is 0 Å². The molecule has 0 fully saturated rings. The highest BCUT2D eigenvalue weighted by molar-refractivity contribution is 5.99. The van der Waals surface area contributed by atoms with Crippen molar-refractivity contribution in [1.82, 2.24) is 0 Å². The molecule has 104 valence electrons. The molecule has 0 saturated heterocycles. The third kappa shape index (κ3) is 2.42. The number of ether oxygens (including phenoxy) is 1. The molecule has 5 heteroatoms. The molecule has 2 rings (SSSR count). The summed E-state index contributed by atoms with van der Waals surface area (Å²) in [6.07, 6.45) is 0. The second-order valence-electron chi connectivity index (χ2n) is 4.24. The molecule has 0 saturated carbocycles. The van der Waals surface area contributed by atoms with E-state index in [0.29, 0.717) is 11.4 Å². The second-order valence-corrected chi connectivity index (χ2v) is 4.24. The Balaban J connectivity index is 2.48. The first-order valence-corrected chi connectivity index (χ1v) is 6.01. The van der Waals surface area contributed by atoms with Crippen molar-refractivity contribution in [3.63, 3.8) is 0 Å². The van der Waals surface area contributed by atoms with E-state index in [1.54, 1.807) is 48.3 Å². The van der Waals surface area contributed by atoms with E-state index in [2.05, 4.69) is 4.74 Å². The lowest BCUT2D eigenvalue weighted by atomic mass is 10.1. The number of nitrogen functional groups attached to an aromatic ring is 1. The number of halogens is 1. The van der Waals surface area contributed by atoms with Crippen LogP contribution in [0.15, 0.2) is 42.5 Å². The van der Waals surface area contributed by atoms with E-state index in [9.17, 15) is 9.18 Å². The van der Waals surface area contributed by atoms with Gasteiger partial charge in [0.15, 0.2) is 0 Å². The van der Waals surface area contributed by atoms with Crippen LogP contribution in [0.1, 0.15) is 10.4 Å². The Labute approximate surface area is 116 Å². The molecule has 0 atom stereocenters. The van der Waals surface area contributed by atoms with Crippen LogP contribution in [0.5, 0.6) is 0 Å². The van der Waals surface area contributed by atoms with Crippen LogP contribution in [0.2, 0.25) is 0 Å². The Morgan fingerprint density at radius 2 is 1.80 bits per heavy atom. The van der Waals surface area contributed by atoms with Crippen molar-refractivity contribution in [1.29, 1.82) is 0 Å².